The van der Waals surface area contributed by atoms with Gasteiger partial charge in [-0.05, 0) is 42.8 Å². The Morgan fingerprint density at radius 1 is 1.30 bits per heavy atom. The van der Waals surface area contributed by atoms with E-state index in [1.54, 1.807) is 18.2 Å². The fourth-order valence-corrected chi connectivity index (χ4v) is 2.01. The highest BCUT2D eigenvalue weighted by molar-refractivity contribution is 6.30. The molecule has 2 rings (SSSR count). The normalized spacial score (nSPS) is 9.85. The summed E-state index contributed by atoms with van der Waals surface area (Å²) in [5.74, 6) is 0. The van der Waals surface area contributed by atoms with Crippen molar-refractivity contribution in [3.05, 3.63) is 62.7 Å². The second-order valence-electron chi connectivity index (χ2n) is 4.19. The maximum atomic E-state index is 10.8. The van der Waals surface area contributed by atoms with Gasteiger partial charge >= 0.3 is 0 Å². The van der Waals surface area contributed by atoms with Crippen molar-refractivity contribution in [2.24, 2.45) is 0 Å². The van der Waals surface area contributed by atoms with Gasteiger partial charge in [0.25, 0.3) is 5.69 Å². The number of hydrogen-bond acceptors (Lipinski definition) is 4. The molecule has 0 unspecified atom stereocenters. The Hall–Kier alpha value is -2.58. The molecule has 20 heavy (non-hydrogen) atoms. The highest BCUT2D eigenvalue weighted by Gasteiger charge is 2.13. The van der Waals surface area contributed by atoms with Crippen LogP contribution in [0.15, 0.2) is 36.4 Å². The molecule has 0 aliphatic heterocycles. The molecule has 0 radical (unpaired) electrons. The summed E-state index contributed by atoms with van der Waals surface area (Å²) in [6.45, 7) is 1.89. The van der Waals surface area contributed by atoms with Crippen LogP contribution in [0.5, 0.6) is 0 Å². The first-order chi connectivity index (χ1) is 9.51. The molecule has 5 nitrogen and oxygen atoms in total. The largest absolute Gasteiger partial charge is 0.355 e. The summed E-state index contributed by atoms with van der Waals surface area (Å²) in [5, 5.41) is 23.5. The van der Waals surface area contributed by atoms with E-state index in [0.29, 0.717) is 10.7 Å². The zero-order valence-electron chi connectivity index (χ0n) is 10.6. The summed E-state index contributed by atoms with van der Waals surface area (Å²) in [5.41, 5.74) is 2.19. The van der Waals surface area contributed by atoms with Crippen molar-refractivity contribution in [2.75, 3.05) is 5.32 Å². The molecule has 0 aromatic heterocycles. The van der Waals surface area contributed by atoms with E-state index < -0.39 is 4.92 Å². The van der Waals surface area contributed by atoms with E-state index in [1.165, 1.54) is 12.1 Å². The van der Waals surface area contributed by atoms with E-state index in [-0.39, 0.29) is 11.3 Å². The first-order valence-electron chi connectivity index (χ1n) is 5.73. The van der Waals surface area contributed by atoms with Crippen molar-refractivity contribution in [2.45, 2.75) is 6.92 Å². The summed E-state index contributed by atoms with van der Waals surface area (Å²) in [6.07, 6.45) is 0. The van der Waals surface area contributed by atoms with Crippen LogP contribution in [0.2, 0.25) is 5.02 Å². The third-order valence-electron chi connectivity index (χ3n) is 2.78. The number of halogens is 1. The van der Waals surface area contributed by atoms with Gasteiger partial charge in [0.05, 0.1) is 4.92 Å². The lowest BCUT2D eigenvalue weighted by Gasteiger charge is -2.10. The van der Waals surface area contributed by atoms with Crippen molar-refractivity contribution in [3.8, 4) is 6.07 Å². The van der Waals surface area contributed by atoms with Gasteiger partial charge < -0.3 is 5.32 Å². The maximum Gasteiger partial charge on any atom is 0.287 e. The number of rotatable bonds is 3. The molecule has 0 fully saturated rings. The Bertz CT molecular complexity index is 723. The molecular weight excluding hydrogens is 278 g/mol. The minimum Gasteiger partial charge on any atom is -0.355 e. The highest BCUT2D eigenvalue weighted by Crippen LogP contribution is 2.27. The van der Waals surface area contributed by atoms with Gasteiger partial charge in [-0.15, -0.1) is 0 Å². The quantitative estimate of drug-likeness (QED) is 0.678. The van der Waals surface area contributed by atoms with Gasteiger partial charge in [-0.2, -0.15) is 5.26 Å². The van der Waals surface area contributed by atoms with Crippen LogP contribution in [0.4, 0.5) is 17.1 Å². The Kier molecular flexibility index (Phi) is 3.87. The minimum atomic E-state index is -0.574. The van der Waals surface area contributed by atoms with E-state index in [2.05, 4.69) is 5.32 Å². The lowest BCUT2D eigenvalue weighted by Crippen LogP contribution is -1.96. The van der Waals surface area contributed by atoms with Gasteiger partial charge in [-0.1, -0.05) is 11.6 Å². The van der Waals surface area contributed by atoms with Gasteiger partial charge in [0, 0.05) is 22.5 Å². The van der Waals surface area contributed by atoms with Crippen LogP contribution in [-0.2, 0) is 0 Å². The smallest absolute Gasteiger partial charge is 0.287 e. The van der Waals surface area contributed by atoms with Crippen molar-refractivity contribution < 1.29 is 4.92 Å². The van der Waals surface area contributed by atoms with Crippen molar-refractivity contribution in [1.29, 1.82) is 5.26 Å². The molecule has 0 aliphatic rings. The number of benzene rings is 2. The first-order valence-corrected chi connectivity index (χ1v) is 6.11. The number of aryl methyl sites for hydroxylation is 1. The van der Waals surface area contributed by atoms with E-state index in [0.717, 1.165) is 11.3 Å². The fraction of sp³-hybridized carbons (Fsp3) is 0.0714. The van der Waals surface area contributed by atoms with Crippen LogP contribution in [0, 0.1) is 28.4 Å². The predicted octanol–water partition coefficient (Wildman–Crippen LogP) is 4.17. The minimum absolute atomic E-state index is 0.0200. The molecule has 2 aromatic rings. The van der Waals surface area contributed by atoms with Gasteiger partial charge in [-0.3, -0.25) is 10.1 Å². The summed E-state index contributed by atoms with van der Waals surface area (Å²) in [6, 6.07) is 11.5. The lowest BCUT2D eigenvalue weighted by atomic mass is 10.1. The van der Waals surface area contributed by atoms with Gasteiger partial charge in [0.15, 0.2) is 0 Å². The molecule has 0 bridgehead atoms. The second kappa shape index (κ2) is 5.59. The average molecular weight is 288 g/mol. The third kappa shape index (κ3) is 2.87. The van der Waals surface area contributed by atoms with Gasteiger partial charge in [0.2, 0.25) is 0 Å². The standard InChI is InChI=1S/C14H10ClN3O2/c1-9-6-11(15)2-4-13(9)17-12-3-5-14(18(19)20)10(7-12)8-16/h2-7,17H,1H3. The third-order valence-corrected chi connectivity index (χ3v) is 3.02. The van der Waals surface area contributed by atoms with Crippen LogP contribution in [0.1, 0.15) is 11.1 Å². The van der Waals surface area contributed by atoms with Crippen LogP contribution >= 0.6 is 11.6 Å². The number of nitriles is 1. The number of anilines is 2. The Labute approximate surface area is 120 Å². The predicted molar refractivity (Wildman–Crippen MR) is 77.3 cm³/mol. The molecule has 0 saturated heterocycles. The molecular formula is C14H10ClN3O2. The number of nitro groups is 1. The maximum absolute atomic E-state index is 10.8. The summed E-state index contributed by atoms with van der Waals surface area (Å²) >= 11 is 5.88. The lowest BCUT2D eigenvalue weighted by molar-refractivity contribution is -0.385. The number of hydrogen-bond donors (Lipinski definition) is 1. The number of nitrogens with one attached hydrogen (secondary N) is 1. The molecule has 0 aliphatic carbocycles. The molecule has 0 spiro atoms. The van der Waals surface area contributed by atoms with Crippen LogP contribution < -0.4 is 5.32 Å². The van der Waals surface area contributed by atoms with E-state index >= 15 is 0 Å². The van der Waals surface area contributed by atoms with Crippen LogP contribution in [0.25, 0.3) is 0 Å². The molecule has 1 N–H and O–H groups in total. The average Bonchev–Trinajstić information content (AvgIpc) is 2.41. The topological polar surface area (TPSA) is 79.0 Å². The van der Waals surface area contributed by atoms with Crippen LogP contribution in [-0.4, -0.2) is 4.92 Å². The Morgan fingerprint density at radius 3 is 2.65 bits per heavy atom. The van der Waals surface area contributed by atoms with Gasteiger partial charge in [0.1, 0.15) is 11.6 Å². The zero-order chi connectivity index (χ0) is 14.7. The van der Waals surface area contributed by atoms with Gasteiger partial charge in [-0.25, -0.2) is 0 Å². The fourth-order valence-electron chi connectivity index (χ4n) is 1.79. The summed E-state index contributed by atoms with van der Waals surface area (Å²) < 4.78 is 0. The summed E-state index contributed by atoms with van der Waals surface area (Å²) in [4.78, 5) is 10.2. The molecule has 0 heterocycles. The van der Waals surface area contributed by atoms with E-state index in [9.17, 15) is 10.1 Å². The molecule has 0 saturated carbocycles. The van der Waals surface area contributed by atoms with E-state index in [4.69, 9.17) is 16.9 Å². The highest BCUT2D eigenvalue weighted by atomic mass is 35.5. The van der Waals surface area contributed by atoms with Crippen molar-refractivity contribution >= 4 is 28.7 Å². The SMILES string of the molecule is Cc1cc(Cl)ccc1Nc1ccc([N+](=O)[O-])c(C#N)c1. The monoisotopic (exact) mass is 287 g/mol. The number of nitrogens with zero attached hydrogens (tertiary/aromatic N) is 2. The zero-order valence-corrected chi connectivity index (χ0v) is 11.3. The summed E-state index contributed by atoms with van der Waals surface area (Å²) in [7, 11) is 0. The molecule has 6 heteroatoms. The first kappa shape index (κ1) is 13.8. The Balaban J connectivity index is 2.35. The molecule has 0 amide bonds. The molecule has 0 atom stereocenters. The van der Waals surface area contributed by atoms with Crippen molar-refractivity contribution in [3.63, 3.8) is 0 Å². The van der Waals surface area contributed by atoms with Crippen LogP contribution in [0.3, 0.4) is 0 Å². The second-order valence-corrected chi connectivity index (χ2v) is 4.62. The van der Waals surface area contributed by atoms with Crippen molar-refractivity contribution in [1.82, 2.24) is 0 Å². The van der Waals surface area contributed by atoms with E-state index in [1.807, 2.05) is 19.1 Å². The number of nitro benzene ring substituents is 1. The molecule has 2 aromatic carbocycles. The molecule has 100 valence electrons. The Morgan fingerprint density at radius 2 is 2.05 bits per heavy atom.